The van der Waals surface area contributed by atoms with Gasteiger partial charge in [0.2, 0.25) is 0 Å². The van der Waals surface area contributed by atoms with Gasteiger partial charge in [0.05, 0.1) is 19.0 Å². The van der Waals surface area contributed by atoms with Crippen molar-refractivity contribution in [3.05, 3.63) is 23.3 Å². The molecule has 0 heterocycles. The molecule has 0 aromatic heterocycles. The Balaban J connectivity index is 2.59. The van der Waals surface area contributed by atoms with Gasteiger partial charge < -0.3 is 9.47 Å². The molecule has 1 aliphatic rings. The first-order chi connectivity index (χ1) is 7.19. The third-order valence-electron chi connectivity index (χ3n) is 2.58. The van der Waals surface area contributed by atoms with E-state index in [1.54, 1.807) is 26.4 Å². The molecular weight excluding hydrogens is 260 g/mol. The lowest BCUT2D eigenvalue weighted by atomic mass is 10.1. The number of carbonyl (C=O) groups excluding carboxylic acids is 1. The lowest BCUT2D eigenvalue weighted by Gasteiger charge is -2.10. The standard InChI is InChI=1S/C11H11BrO3/c1-14-9-4-3-6-7(11(9)15-2)5-8(12)10(6)13/h3-4,8H,5H2,1-2H3. The van der Waals surface area contributed by atoms with E-state index in [4.69, 9.17) is 9.47 Å². The summed E-state index contributed by atoms with van der Waals surface area (Å²) >= 11 is 3.35. The molecule has 2 rings (SSSR count). The van der Waals surface area contributed by atoms with E-state index in [-0.39, 0.29) is 10.6 Å². The number of halogens is 1. The molecular formula is C11H11BrO3. The first-order valence-corrected chi connectivity index (χ1v) is 5.52. The summed E-state index contributed by atoms with van der Waals surface area (Å²) in [5.74, 6) is 1.46. The van der Waals surface area contributed by atoms with E-state index >= 15 is 0 Å². The predicted molar refractivity (Wildman–Crippen MR) is 60.3 cm³/mol. The first kappa shape index (κ1) is 10.5. The number of methoxy groups -OCH3 is 2. The number of hydrogen-bond acceptors (Lipinski definition) is 3. The molecule has 3 nitrogen and oxygen atoms in total. The van der Waals surface area contributed by atoms with Crippen LogP contribution in [-0.2, 0) is 6.42 Å². The number of hydrogen-bond donors (Lipinski definition) is 0. The van der Waals surface area contributed by atoms with Crippen molar-refractivity contribution in [3.8, 4) is 11.5 Å². The fourth-order valence-corrected chi connectivity index (χ4v) is 2.44. The van der Waals surface area contributed by atoms with Crippen molar-refractivity contribution in [2.45, 2.75) is 11.2 Å². The van der Waals surface area contributed by atoms with E-state index < -0.39 is 0 Å². The van der Waals surface area contributed by atoms with E-state index in [0.29, 0.717) is 17.9 Å². The minimum absolute atomic E-state index is 0.117. The molecule has 0 radical (unpaired) electrons. The van der Waals surface area contributed by atoms with Crippen molar-refractivity contribution in [3.63, 3.8) is 0 Å². The Morgan fingerprint density at radius 2 is 2.07 bits per heavy atom. The van der Waals surface area contributed by atoms with Crippen LogP contribution in [0.3, 0.4) is 0 Å². The van der Waals surface area contributed by atoms with Crippen molar-refractivity contribution in [1.29, 1.82) is 0 Å². The van der Waals surface area contributed by atoms with Crippen molar-refractivity contribution < 1.29 is 14.3 Å². The maximum absolute atomic E-state index is 11.7. The normalized spacial score (nSPS) is 18.9. The van der Waals surface area contributed by atoms with Crippen LogP contribution in [0.2, 0.25) is 0 Å². The van der Waals surface area contributed by atoms with Gasteiger partial charge in [0.15, 0.2) is 17.3 Å². The van der Waals surface area contributed by atoms with Gasteiger partial charge in [-0.3, -0.25) is 4.79 Å². The van der Waals surface area contributed by atoms with E-state index in [1.807, 2.05) is 0 Å². The SMILES string of the molecule is COc1ccc2c(c1OC)CC(Br)C2=O. The summed E-state index contributed by atoms with van der Waals surface area (Å²) < 4.78 is 10.5. The van der Waals surface area contributed by atoms with Crippen LogP contribution < -0.4 is 9.47 Å². The van der Waals surface area contributed by atoms with Crippen LogP contribution in [0.15, 0.2) is 12.1 Å². The van der Waals surface area contributed by atoms with Crippen molar-refractivity contribution in [2.75, 3.05) is 14.2 Å². The van der Waals surface area contributed by atoms with Crippen LogP contribution in [0, 0.1) is 0 Å². The second-order valence-electron chi connectivity index (χ2n) is 3.36. The number of ketones is 1. The molecule has 0 saturated heterocycles. The highest BCUT2D eigenvalue weighted by Gasteiger charge is 2.32. The molecule has 1 aromatic rings. The molecule has 0 N–H and O–H groups in total. The third-order valence-corrected chi connectivity index (χ3v) is 3.32. The molecule has 0 spiro atoms. The lowest BCUT2D eigenvalue weighted by Crippen LogP contribution is -2.05. The molecule has 15 heavy (non-hydrogen) atoms. The minimum Gasteiger partial charge on any atom is -0.493 e. The van der Waals surface area contributed by atoms with Gasteiger partial charge >= 0.3 is 0 Å². The summed E-state index contributed by atoms with van der Waals surface area (Å²) in [7, 11) is 3.18. The molecule has 0 aliphatic heterocycles. The van der Waals surface area contributed by atoms with Gasteiger partial charge in [-0.05, 0) is 18.6 Å². The highest BCUT2D eigenvalue weighted by atomic mass is 79.9. The number of rotatable bonds is 2. The zero-order valence-corrected chi connectivity index (χ0v) is 10.1. The summed E-state index contributed by atoms with van der Waals surface area (Å²) in [5, 5.41) is 0. The highest BCUT2D eigenvalue weighted by molar-refractivity contribution is 9.10. The molecule has 80 valence electrons. The van der Waals surface area contributed by atoms with Crippen LogP contribution in [0.4, 0.5) is 0 Å². The number of benzene rings is 1. The van der Waals surface area contributed by atoms with E-state index in [1.165, 1.54) is 0 Å². The van der Waals surface area contributed by atoms with Crippen molar-refractivity contribution in [2.24, 2.45) is 0 Å². The molecule has 1 unspecified atom stereocenters. The smallest absolute Gasteiger partial charge is 0.177 e. The Morgan fingerprint density at radius 1 is 1.33 bits per heavy atom. The number of ether oxygens (including phenoxy) is 2. The molecule has 1 atom stereocenters. The van der Waals surface area contributed by atoms with E-state index in [2.05, 4.69) is 15.9 Å². The maximum Gasteiger partial charge on any atom is 0.177 e. The quantitative estimate of drug-likeness (QED) is 0.773. The zero-order chi connectivity index (χ0) is 11.0. The highest BCUT2D eigenvalue weighted by Crippen LogP contribution is 2.39. The fourth-order valence-electron chi connectivity index (χ4n) is 1.87. The second kappa shape index (κ2) is 3.85. The first-order valence-electron chi connectivity index (χ1n) is 4.61. The summed E-state index contributed by atoms with van der Waals surface area (Å²) in [5.41, 5.74) is 1.67. The van der Waals surface area contributed by atoms with Gasteiger partial charge in [-0.25, -0.2) is 0 Å². The lowest BCUT2D eigenvalue weighted by molar-refractivity contribution is 0.100. The number of carbonyl (C=O) groups is 1. The van der Waals surface area contributed by atoms with Crippen LogP contribution in [0.25, 0.3) is 0 Å². The molecule has 4 heteroatoms. The third kappa shape index (κ3) is 1.53. The molecule has 1 aromatic carbocycles. The Labute approximate surface area is 96.5 Å². The fraction of sp³-hybridized carbons (Fsp3) is 0.364. The Hall–Kier alpha value is -1.03. The monoisotopic (exact) mass is 270 g/mol. The van der Waals surface area contributed by atoms with Gasteiger partial charge in [0, 0.05) is 11.1 Å². The van der Waals surface area contributed by atoms with Crippen LogP contribution in [0.5, 0.6) is 11.5 Å². The van der Waals surface area contributed by atoms with Gasteiger partial charge in [0.1, 0.15) is 0 Å². The Kier molecular flexibility index (Phi) is 2.69. The summed E-state index contributed by atoms with van der Waals surface area (Å²) in [6.07, 6.45) is 0.661. The largest absolute Gasteiger partial charge is 0.493 e. The Morgan fingerprint density at radius 3 is 2.67 bits per heavy atom. The predicted octanol–water partition coefficient (Wildman–Crippen LogP) is 2.21. The van der Waals surface area contributed by atoms with Gasteiger partial charge in [0.25, 0.3) is 0 Å². The minimum atomic E-state index is -0.131. The summed E-state index contributed by atoms with van der Waals surface area (Å²) in [4.78, 5) is 11.6. The number of fused-ring (bicyclic) bond motifs is 1. The average molecular weight is 271 g/mol. The van der Waals surface area contributed by atoms with Gasteiger partial charge in [-0.2, -0.15) is 0 Å². The number of alkyl halides is 1. The van der Waals surface area contributed by atoms with Crippen molar-refractivity contribution >= 4 is 21.7 Å². The van der Waals surface area contributed by atoms with Gasteiger partial charge in [-0.15, -0.1) is 0 Å². The molecule has 1 aliphatic carbocycles. The molecule has 0 fully saturated rings. The van der Waals surface area contributed by atoms with E-state index in [0.717, 1.165) is 11.1 Å². The topological polar surface area (TPSA) is 35.5 Å². The summed E-state index contributed by atoms with van der Waals surface area (Å²) in [6, 6.07) is 3.56. The van der Waals surface area contributed by atoms with E-state index in [9.17, 15) is 4.79 Å². The Bertz CT molecular complexity index is 415. The molecule has 0 bridgehead atoms. The zero-order valence-electron chi connectivity index (χ0n) is 8.54. The maximum atomic E-state index is 11.7. The second-order valence-corrected chi connectivity index (χ2v) is 4.47. The van der Waals surface area contributed by atoms with Crippen LogP contribution in [0.1, 0.15) is 15.9 Å². The number of Topliss-reactive ketones (excluding diaryl/α,β-unsaturated/α-hetero) is 1. The van der Waals surface area contributed by atoms with Crippen molar-refractivity contribution in [1.82, 2.24) is 0 Å². The molecule has 0 amide bonds. The van der Waals surface area contributed by atoms with Crippen LogP contribution >= 0.6 is 15.9 Å². The average Bonchev–Trinajstić information content (AvgIpc) is 2.54. The summed E-state index contributed by atoms with van der Waals surface area (Å²) in [6.45, 7) is 0. The molecule has 0 saturated carbocycles. The van der Waals surface area contributed by atoms with Crippen LogP contribution in [-0.4, -0.2) is 24.8 Å². The van der Waals surface area contributed by atoms with Gasteiger partial charge in [-0.1, -0.05) is 15.9 Å².